The van der Waals surface area contributed by atoms with Crippen LogP contribution in [0, 0.1) is 5.92 Å². The molecule has 9 heteroatoms. The molecule has 1 atom stereocenters. The summed E-state index contributed by atoms with van der Waals surface area (Å²) in [5.74, 6) is 1.59. The van der Waals surface area contributed by atoms with E-state index < -0.39 is 6.09 Å². The number of hydrogen-bond acceptors (Lipinski definition) is 4. The van der Waals surface area contributed by atoms with E-state index in [9.17, 15) is 19.8 Å². The molecule has 2 aliphatic rings. The lowest BCUT2D eigenvalue weighted by Crippen LogP contribution is -2.47. The van der Waals surface area contributed by atoms with Gasteiger partial charge in [-0.1, -0.05) is 12.1 Å². The molecular weight excluding hydrogens is 470 g/mol. The van der Waals surface area contributed by atoms with E-state index in [4.69, 9.17) is 4.98 Å². The molecule has 1 aliphatic heterocycles. The molecule has 0 bridgehead atoms. The average molecular weight is 502 g/mol. The highest BCUT2D eigenvalue weighted by Crippen LogP contribution is 2.39. The maximum Gasteiger partial charge on any atom is 0.407 e. The first-order valence-corrected chi connectivity index (χ1v) is 12.8. The van der Waals surface area contributed by atoms with Crippen molar-refractivity contribution in [3.8, 4) is 17.3 Å². The van der Waals surface area contributed by atoms with E-state index in [0.717, 1.165) is 45.6 Å². The lowest BCUT2D eigenvalue weighted by atomic mass is 9.97. The molecule has 0 spiro atoms. The third kappa shape index (κ3) is 3.89. The van der Waals surface area contributed by atoms with Crippen LogP contribution in [0.2, 0.25) is 0 Å². The van der Waals surface area contributed by atoms with Crippen LogP contribution in [-0.4, -0.2) is 72.3 Å². The number of imidazole rings is 1. The number of likely N-dealkylation sites (N-methyl/N-ethyl adjacent to an activating group) is 1. The van der Waals surface area contributed by atoms with E-state index in [0.29, 0.717) is 31.0 Å². The van der Waals surface area contributed by atoms with E-state index >= 15 is 0 Å². The predicted molar refractivity (Wildman–Crippen MR) is 141 cm³/mol. The molecule has 0 unspecified atom stereocenters. The monoisotopic (exact) mass is 501 g/mol. The molecule has 1 fully saturated rings. The van der Waals surface area contributed by atoms with Crippen molar-refractivity contribution in [3.05, 3.63) is 47.5 Å². The first-order chi connectivity index (χ1) is 17.7. The molecule has 1 saturated carbocycles. The summed E-state index contributed by atoms with van der Waals surface area (Å²) in [6, 6.07) is 11.3. The Morgan fingerprint density at radius 2 is 2.03 bits per heavy atom. The summed E-state index contributed by atoms with van der Waals surface area (Å²) >= 11 is 0. The van der Waals surface area contributed by atoms with Crippen molar-refractivity contribution in [2.24, 2.45) is 13.0 Å². The zero-order valence-corrected chi connectivity index (χ0v) is 21.3. The fourth-order valence-electron chi connectivity index (χ4n) is 5.49. The standard InChI is InChI=1S/C28H31N5O4/c1-16(30(2)28(36)37)14-32-10-9-18-11-22-21(13-20(18)27(32)35)29-26(31(22)3)23-12-19-5-4-6-24(34)25(19)33(23)15-17-7-8-17/h4-6,11-13,16-17,34H,7-10,14-15H2,1-3H3,(H,36,37)/t16-/m1/s1. The number of hydrogen-bond donors (Lipinski definition) is 2. The second kappa shape index (κ2) is 8.54. The second-order valence-corrected chi connectivity index (χ2v) is 10.5. The number of carboxylic acid groups (broad SMARTS) is 1. The van der Waals surface area contributed by atoms with Crippen LogP contribution in [-0.2, 0) is 20.0 Å². The van der Waals surface area contributed by atoms with Crippen molar-refractivity contribution in [2.45, 2.75) is 38.8 Å². The molecule has 1 aliphatic carbocycles. The van der Waals surface area contributed by atoms with Gasteiger partial charge in [-0.25, -0.2) is 9.78 Å². The van der Waals surface area contributed by atoms with Crippen LogP contribution in [0.15, 0.2) is 36.4 Å². The predicted octanol–water partition coefficient (Wildman–Crippen LogP) is 4.31. The molecule has 2 aromatic heterocycles. The van der Waals surface area contributed by atoms with Gasteiger partial charge in [0.1, 0.15) is 5.75 Å². The molecule has 2 N–H and O–H groups in total. The van der Waals surface area contributed by atoms with Gasteiger partial charge in [0.15, 0.2) is 5.82 Å². The van der Waals surface area contributed by atoms with Crippen molar-refractivity contribution < 1.29 is 19.8 Å². The first kappa shape index (κ1) is 23.4. The van der Waals surface area contributed by atoms with Crippen molar-refractivity contribution in [1.82, 2.24) is 23.9 Å². The van der Waals surface area contributed by atoms with Gasteiger partial charge in [-0.2, -0.15) is 0 Å². The van der Waals surface area contributed by atoms with E-state index in [-0.39, 0.29) is 17.7 Å². The van der Waals surface area contributed by atoms with E-state index in [1.54, 1.807) is 11.0 Å². The Morgan fingerprint density at radius 1 is 1.24 bits per heavy atom. The van der Waals surface area contributed by atoms with Crippen molar-refractivity contribution >= 4 is 33.9 Å². The maximum atomic E-state index is 13.4. The number of phenols is 1. The number of carbonyl (C=O) groups excluding carboxylic acids is 1. The van der Waals surface area contributed by atoms with Crippen molar-refractivity contribution in [2.75, 3.05) is 20.1 Å². The number of aromatic hydroxyl groups is 1. The normalized spacial score (nSPS) is 16.4. The fraction of sp³-hybridized carbons (Fsp3) is 0.393. The zero-order chi connectivity index (χ0) is 26.0. The Kier molecular flexibility index (Phi) is 5.40. The van der Waals surface area contributed by atoms with Gasteiger partial charge >= 0.3 is 6.09 Å². The number of phenolic OH excluding ortho intramolecular Hbond substituents is 1. The molecule has 37 heavy (non-hydrogen) atoms. The van der Waals surface area contributed by atoms with Crippen molar-refractivity contribution in [3.63, 3.8) is 0 Å². The average Bonchev–Trinajstić information content (AvgIpc) is 3.54. The van der Waals surface area contributed by atoms with Gasteiger partial charge in [0.05, 0.1) is 22.2 Å². The fourth-order valence-corrected chi connectivity index (χ4v) is 5.49. The number of aromatic nitrogens is 3. The Balaban J connectivity index is 1.40. The first-order valence-electron chi connectivity index (χ1n) is 12.8. The number of amides is 2. The third-order valence-electron chi connectivity index (χ3n) is 7.99. The number of para-hydroxylation sites is 1. The van der Waals surface area contributed by atoms with Gasteiger partial charge in [0, 0.05) is 50.7 Å². The number of benzene rings is 2. The number of carbonyl (C=O) groups is 2. The van der Waals surface area contributed by atoms with Gasteiger partial charge in [0.25, 0.3) is 5.91 Å². The molecular formula is C28H31N5O4. The highest BCUT2D eigenvalue weighted by Gasteiger charge is 2.30. The van der Waals surface area contributed by atoms with Crippen LogP contribution < -0.4 is 0 Å². The summed E-state index contributed by atoms with van der Waals surface area (Å²) in [6.07, 6.45) is 2.09. The molecule has 0 saturated heterocycles. The molecule has 192 valence electrons. The lowest BCUT2D eigenvalue weighted by Gasteiger charge is -2.33. The number of rotatable bonds is 6. The van der Waals surface area contributed by atoms with Crippen molar-refractivity contribution in [1.29, 1.82) is 0 Å². The highest BCUT2D eigenvalue weighted by molar-refractivity contribution is 6.01. The van der Waals surface area contributed by atoms with Crippen LogP contribution in [0.3, 0.4) is 0 Å². The Morgan fingerprint density at radius 3 is 2.76 bits per heavy atom. The van der Waals surface area contributed by atoms with Gasteiger partial charge in [-0.15, -0.1) is 0 Å². The van der Waals surface area contributed by atoms with E-state index in [2.05, 4.69) is 21.3 Å². The Hall–Kier alpha value is -4.01. The minimum Gasteiger partial charge on any atom is -0.506 e. The summed E-state index contributed by atoms with van der Waals surface area (Å²) in [7, 11) is 3.52. The minimum atomic E-state index is -1.01. The zero-order valence-electron chi connectivity index (χ0n) is 21.3. The smallest absolute Gasteiger partial charge is 0.407 e. The van der Waals surface area contributed by atoms with Crippen LogP contribution in [0.1, 0.15) is 35.7 Å². The van der Waals surface area contributed by atoms with Crippen LogP contribution in [0.4, 0.5) is 4.79 Å². The largest absolute Gasteiger partial charge is 0.506 e. The molecule has 9 nitrogen and oxygen atoms in total. The quantitative estimate of drug-likeness (QED) is 0.410. The summed E-state index contributed by atoms with van der Waals surface area (Å²) < 4.78 is 4.27. The van der Waals surface area contributed by atoms with Crippen LogP contribution in [0.25, 0.3) is 33.5 Å². The van der Waals surface area contributed by atoms with Gasteiger partial charge in [-0.3, -0.25) is 4.79 Å². The highest BCUT2D eigenvalue weighted by atomic mass is 16.4. The number of nitrogens with zero attached hydrogens (tertiary/aromatic N) is 5. The third-order valence-corrected chi connectivity index (χ3v) is 7.99. The Bertz CT molecular complexity index is 1560. The second-order valence-electron chi connectivity index (χ2n) is 10.5. The lowest BCUT2D eigenvalue weighted by molar-refractivity contribution is 0.0680. The molecule has 6 rings (SSSR count). The molecule has 0 radical (unpaired) electrons. The van der Waals surface area contributed by atoms with Gasteiger partial charge < -0.3 is 29.1 Å². The number of fused-ring (bicyclic) bond motifs is 3. The van der Waals surface area contributed by atoms with E-state index in [1.165, 1.54) is 24.8 Å². The topological polar surface area (TPSA) is 104 Å². The van der Waals surface area contributed by atoms with Crippen LogP contribution in [0.5, 0.6) is 5.75 Å². The summed E-state index contributed by atoms with van der Waals surface area (Å²) in [6.45, 7) is 3.54. The molecule has 3 heterocycles. The minimum absolute atomic E-state index is 0.0891. The summed E-state index contributed by atoms with van der Waals surface area (Å²) in [5.41, 5.74) is 5.11. The summed E-state index contributed by atoms with van der Waals surface area (Å²) in [4.78, 5) is 32.6. The van der Waals surface area contributed by atoms with Gasteiger partial charge in [-0.05, 0) is 61.9 Å². The maximum absolute atomic E-state index is 13.4. The SMILES string of the molecule is C[C@H](CN1CCc2cc3c(cc2C1=O)nc(-c1cc2cccc(O)c2n1CC1CC1)n3C)N(C)C(=O)O. The molecule has 2 amide bonds. The van der Waals surface area contributed by atoms with E-state index in [1.807, 2.05) is 32.2 Å². The molecule has 4 aromatic rings. The Labute approximate surface area is 214 Å². The van der Waals surface area contributed by atoms with Gasteiger partial charge in [0.2, 0.25) is 0 Å². The summed E-state index contributed by atoms with van der Waals surface area (Å²) in [5, 5.41) is 20.9. The molecule has 2 aromatic carbocycles. The van der Waals surface area contributed by atoms with Crippen LogP contribution >= 0.6 is 0 Å². The number of aryl methyl sites for hydroxylation is 1.